The fourth-order valence-electron chi connectivity index (χ4n) is 4.16. The molecule has 3 aromatic heterocycles. The van der Waals surface area contributed by atoms with Gasteiger partial charge in [0.1, 0.15) is 5.82 Å². The summed E-state index contributed by atoms with van der Waals surface area (Å²) in [4.78, 5) is 11.8. The first-order chi connectivity index (χ1) is 15.4. The van der Waals surface area contributed by atoms with Crippen molar-refractivity contribution in [1.82, 2.24) is 19.7 Å². The minimum absolute atomic E-state index is 0.307. The highest BCUT2D eigenvalue weighted by Crippen LogP contribution is 2.30. The van der Waals surface area contributed by atoms with Gasteiger partial charge in [-0.2, -0.15) is 5.10 Å². The van der Waals surface area contributed by atoms with Crippen LogP contribution in [0.25, 0.3) is 22.2 Å². The van der Waals surface area contributed by atoms with Crippen molar-refractivity contribution in [2.45, 2.75) is 23.8 Å². The van der Waals surface area contributed by atoms with Crippen LogP contribution >= 0.6 is 22.6 Å². The van der Waals surface area contributed by atoms with E-state index in [2.05, 4.69) is 59.4 Å². The van der Waals surface area contributed by atoms with Gasteiger partial charge in [0.2, 0.25) is 0 Å². The van der Waals surface area contributed by atoms with Crippen molar-refractivity contribution < 1.29 is 8.42 Å². The van der Waals surface area contributed by atoms with Gasteiger partial charge in [-0.25, -0.2) is 13.4 Å². The number of benzene rings is 1. The summed E-state index contributed by atoms with van der Waals surface area (Å²) in [5.74, 6) is 1.03. The fourth-order valence-corrected chi connectivity index (χ4v) is 5.11. The topological polar surface area (TPSA) is 81.0 Å². The van der Waals surface area contributed by atoms with E-state index >= 15 is 0 Å². The molecule has 4 aromatic rings. The molecule has 1 aliphatic heterocycles. The monoisotopic (exact) mass is 559 g/mol. The van der Waals surface area contributed by atoms with Gasteiger partial charge in [0.25, 0.3) is 0 Å². The van der Waals surface area contributed by atoms with Gasteiger partial charge >= 0.3 is 0 Å². The maximum absolute atomic E-state index is 11.7. The molecule has 5 rings (SSSR count). The Morgan fingerprint density at radius 2 is 1.72 bits per heavy atom. The van der Waals surface area contributed by atoms with Crippen LogP contribution in [0.4, 0.5) is 5.82 Å². The van der Waals surface area contributed by atoms with Gasteiger partial charge in [-0.1, -0.05) is 12.1 Å². The van der Waals surface area contributed by atoms with Crippen molar-refractivity contribution in [2.75, 3.05) is 24.2 Å². The lowest BCUT2D eigenvalue weighted by Crippen LogP contribution is -2.35. The van der Waals surface area contributed by atoms with Gasteiger partial charge in [0.05, 0.1) is 34.5 Å². The van der Waals surface area contributed by atoms with Crippen molar-refractivity contribution >= 4 is 49.1 Å². The number of rotatable bonds is 4. The Hall–Kier alpha value is -2.53. The second kappa shape index (κ2) is 8.43. The number of fused-ring (bicyclic) bond motifs is 1. The number of nitrogens with zero attached hydrogens (tertiary/aromatic N) is 5. The van der Waals surface area contributed by atoms with Crippen LogP contribution in [0, 0.1) is 3.57 Å². The summed E-state index contributed by atoms with van der Waals surface area (Å²) in [5.41, 5.74) is 2.70. The molecule has 0 radical (unpaired) electrons. The first-order valence-corrected chi connectivity index (χ1v) is 13.4. The molecular formula is C23H22IN5O2S. The zero-order chi connectivity index (χ0) is 22.3. The predicted molar refractivity (Wildman–Crippen MR) is 134 cm³/mol. The Bertz CT molecular complexity index is 1360. The molecule has 0 atom stereocenters. The summed E-state index contributed by atoms with van der Waals surface area (Å²) < 4.78 is 26.6. The molecule has 1 aromatic carbocycles. The fraction of sp³-hybridized carbons (Fsp3) is 0.261. The van der Waals surface area contributed by atoms with E-state index in [1.54, 1.807) is 24.3 Å². The minimum atomic E-state index is -3.21. The van der Waals surface area contributed by atoms with Crippen LogP contribution in [0.2, 0.25) is 0 Å². The highest BCUT2D eigenvalue weighted by atomic mass is 127. The maximum atomic E-state index is 11.7. The second-order valence-corrected chi connectivity index (χ2v) is 11.3. The van der Waals surface area contributed by atoms with E-state index in [9.17, 15) is 8.42 Å². The third-order valence-electron chi connectivity index (χ3n) is 5.91. The molecule has 32 heavy (non-hydrogen) atoms. The highest BCUT2D eigenvalue weighted by molar-refractivity contribution is 14.1. The van der Waals surface area contributed by atoms with Crippen LogP contribution in [0.3, 0.4) is 0 Å². The number of pyridine rings is 2. The number of piperidine rings is 1. The van der Waals surface area contributed by atoms with Crippen molar-refractivity contribution in [3.05, 3.63) is 64.6 Å². The third-order valence-corrected chi connectivity index (χ3v) is 7.67. The summed E-state index contributed by atoms with van der Waals surface area (Å²) in [6.07, 6.45) is 8.87. The van der Waals surface area contributed by atoms with Crippen LogP contribution in [0.1, 0.15) is 18.9 Å². The van der Waals surface area contributed by atoms with E-state index in [0.29, 0.717) is 10.9 Å². The van der Waals surface area contributed by atoms with Gasteiger partial charge < -0.3 is 4.90 Å². The molecule has 1 aliphatic rings. The molecule has 1 saturated heterocycles. The van der Waals surface area contributed by atoms with E-state index < -0.39 is 9.84 Å². The first kappa shape index (κ1) is 21.3. The van der Waals surface area contributed by atoms with Crippen molar-refractivity contribution in [3.63, 3.8) is 0 Å². The summed E-state index contributed by atoms with van der Waals surface area (Å²) >= 11 is 2.27. The lowest BCUT2D eigenvalue weighted by atomic mass is 10.0. The molecule has 0 saturated carbocycles. The van der Waals surface area contributed by atoms with E-state index in [4.69, 9.17) is 0 Å². The average molecular weight is 559 g/mol. The standard InChI is InChI=1S/C23H22IN5O2S/c1-32(30,31)20-5-2-16(3-6-20)21-12-17-13-27-29(22(17)15-25-21)19-8-10-28(11-9-19)23-7-4-18(24)14-26-23/h2-7,12-15,19H,8-11H2,1H3. The summed E-state index contributed by atoms with van der Waals surface area (Å²) in [5, 5.41) is 5.70. The molecular weight excluding hydrogens is 537 g/mol. The minimum Gasteiger partial charge on any atom is -0.356 e. The van der Waals surface area contributed by atoms with Crippen molar-refractivity contribution in [2.24, 2.45) is 0 Å². The normalized spacial score (nSPS) is 15.4. The number of anilines is 1. The Morgan fingerprint density at radius 1 is 0.969 bits per heavy atom. The predicted octanol–water partition coefficient (Wildman–Crippen LogP) is 4.34. The zero-order valence-electron chi connectivity index (χ0n) is 17.5. The summed E-state index contributed by atoms with van der Waals surface area (Å²) in [6, 6.07) is 13.3. The molecule has 4 heterocycles. The van der Waals surface area contributed by atoms with Crippen molar-refractivity contribution in [3.8, 4) is 11.3 Å². The number of halogens is 1. The molecule has 0 bridgehead atoms. The molecule has 0 N–H and O–H groups in total. The van der Waals surface area contributed by atoms with Gasteiger partial charge in [-0.05, 0) is 65.8 Å². The van der Waals surface area contributed by atoms with E-state index in [1.807, 2.05) is 24.7 Å². The van der Waals surface area contributed by atoms with Gasteiger partial charge in [0.15, 0.2) is 9.84 Å². The average Bonchev–Trinajstić information content (AvgIpc) is 3.22. The van der Waals surface area contributed by atoms with E-state index in [0.717, 1.165) is 57.5 Å². The molecule has 9 heteroatoms. The smallest absolute Gasteiger partial charge is 0.175 e. The van der Waals surface area contributed by atoms with Gasteiger partial charge in [0, 0.05) is 40.1 Å². The third kappa shape index (κ3) is 4.23. The van der Waals surface area contributed by atoms with Crippen LogP contribution in [0.5, 0.6) is 0 Å². The summed E-state index contributed by atoms with van der Waals surface area (Å²) in [6.45, 7) is 1.88. The maximum Gasteiger partial charge on any atom is 0.175 e. The largest absolute Gasteiger partial charge is 0.356 e. The molecule has 7 nitrogen and oxygen atoms in total. The second-order valence-electron chi connectivity index (χ2n) is 8.07. The number of hydrogen-bond acceptors (Lipinski definition) is 6. The number of aromatic nitrogens is 4. The van der Waals surface area contributed by atoms with Crippen LogP contribution in [0.15, 0.2) is 66.0 Å². The lowest BCUT2D eigenvalue weighted by molar-refractivity contribution is 0.375. The number of sulfone groups is 1. The lowest BCUT2D eigenvalue weighted by Gasteiger charge is -2.33. The highest BCUT2D eigenvalue weighted by Gasteiger charge is 2.23. The molecule has 0 amide bonds. The Balaban J connectivity index is 1.34. The summed E-state index contributed by atoms with van der Waals surface area (Å²) in [7, 11) is -3.21. The molecule has 0 unspecified atom stereocenters. The molecule has 0 spiro atoms. The zero-order valence-corrected chi connectivity index (χ0v) is 20.5. The molecule has 1 fully saturated rings. The van der Waals surface area contributed by atoms with Gasteiger partial charge in [-0.15, -0.1) is 0 Å². The van der Waals surface area contributed by atoms with Crippen LogP contribution in [-0.4, -0.2) is 47.5 Å². The van der Waals surface area contributed by atoms with Crippen LogP contribution < -0.4 is 4.90 Å². The molecule has 0 aliphatic carbocycles. The van der Waals surface area contributed by atoms with Crippen LogP contribution in [-0.2, 0) is 9.84 Å². The van der Waals surface area contributed by atoms with Gasteiger partial charge in [-0.3, -0.25) is 9.67 Å². The molecule has 164 valence electrons. The Morgan fingerprint density at radius 3 is 2.38 bits per heavy atom. The van der Waals surface area contributed by atoms with Crippen molar-refractivity contribution in [1.29, 1.82) is 0 Å². The van der Waals surface area contributed by atoms with E-state index in [-0.39, 0.29) is 0 Å². The van der Waals surface area contributed by atoms with E-state index in [1.165, 1.54) is 6.26 Å². The first-order valence-electron chi connectivity index (χ1n) is 10.4. The Kier molecular flexibility index (Phi) is 5.62. The quantitative estimate of drug-likeness (QED) is 0.346. The SMILES string of the molecule is CS(=O)(=O)c1ccc(-c2cc3cnn(C4CCN(c5ccc(I)cn5)CC4)c3cn2)cc1. The number of hydrogen-bond donors (Lipinski definition) is 0. The Labute approximate surface area is 200 Å².